The van der Waals surface area contributed by atoms with Gasteiger partial charge in [0.05, 0.1) is 14.2 Å². The average Bonchev–Trinajstić information content (AvgIpc) is 2.56. The van der Waals surface area contributed by atoms with E-state index in [9.17, 15) is 9.18 Å². The third kappa shape index (κ3) is 4.47. The summed E-state index contributed by atoms with van der Waals surface area (Å²) in [5.41, 5.74) is 0.929. The molecule has 0 saturated heterocycles. The summed E-state index contributed by atoms with van der Waals surface area (Å²) in [5, 5.41) is 5.14. The van der Waals surface area contributed by atoms with Crippen molar-refractivity contribution in [2.45, 2.75) is 0 Å². The van der Waals surface area contributed by atoms with E-state index >= 15 is 0 Å². The lowest BCUT2D eigenvalue weighted by Gasteiger charge is -2.10. The Balaban J connectivity index is 1.96. The molecule has 0 spiro atoms. The largest absolute Gasteiger partial charge is 0.493 e. The topological polar surface area (TPSA) is 59.6 Å². The smallest absolute Gasteiger partial charge is 0.323 e. The number of urea groups is 1. The van der Waals surface area contributed by atoms with Gasteiger partial charge < -0.3 is 20.1 Å². The first-order valence-electron chi connectivity index (χ1n) is 6.84. The number of ether oxygens (including phenoxy) is 2. The van der Waals surface area contributed by atoms with Crippen molar-refractivity contribution in [1.29, 1.82) is 0 Å². The van der Waals surface area contributed by atoms with Crippen LogP contribution in [0.5, 0.6) is 11.5 Å². The average molecular weight is 316 g/mol. The van der Waals surface area contributed by atoms with E-state index in [-0.39, 0.29) is 5.82 Å². The first-order valence-corrected chi connectivity index (χ1v) is 6.84. The number of rotatable bonds is 5. The van der Waals surface area contributed by atoms with Crippen molar-refractivity contribution >= 4 is 17.8 Å². The van der Waals surface area contributed by atoms with Crippen molar-refractivity contribution in [1.82, 2.24) is 5.32 Å². The predicted octanol–water partition coefficient (Wildman–Crippen LogP) is 3.64. The van der Waals surface area contributed by atoms with Gasteiger partial charge >= 0.3 is 6.03 Å². The lowest BCUT2D eigenvalue weighted by Crippen LogP contribution is -2.23. The zero-order valence-electron chi connectivity index (χ0n) is 12.8. The van der Waals surface area contributed by atoms with Gasteiger partial charge in [0, 0.05) is 23.5 Å². The minimum absolute atomic E-state index is 0.356. The van der Waals surface area contributed by atoms with E-state index in [2.05, 4.69) is 10.6 Å². The Bertz CT molecular complexity index is 717. The van der Waals surface area contributed by atoms with Crippen molar-refractivity contribution in [3.8, 4) is 11.5 Å². The standard InChI is InChI=1S/C17H17FN2O3/c1-22-15-8-7-13(11-16(15)23-2)20-17(21)19-10-9-12-5-3-4-6-14(12)18/h3-11H,1-2H3,(H2,19,20,21)/b10-9+. The second-order valence-electron chi connectivity index (χ2n) is 4.52. The molecule has 120 valence electrons. The SMILES string of the molecule is COc1ccc(NC(=O)N/C=C/c2ccccc2F)cc1OC. The highest BCUT2D eigenvalue weighted by Gasteiger charge is 2.06. The maximum Gasteiger partial charge on any atom is 0.323 e. The molecule has 0 aliphatic carbocycles. The first-order chi connectivity index (χ1) is 11.1. The van der Waals surface area contributed by atoms with E-state index in [1.165, 1.54) is 32.6 Å². The molecule has 0 atom stereocenters. The summed E-state index contributed by atoms with van der Waals surface area (Å²) in [6.07, 6.45) is 2.85. The second-order valence-corrected chi connectivity index (χ2v) is 4.52. The van der Waals surface area contributed by atoms with Crippen molar-refractivity contribution in [3.05, 3.63) is 60.0 Å². The van der Waals surface area contributed by atoms with Crippen LogP contribution < -0.4 is 20.1 Å². The fourth-order valence-corrected chi connectivity index (χ4v) is 1.90. The van der Waals surface area contributed by atoms with Crippen LogP contribution in [0.1, 0.15) is 5.56 Å². The van der Waals surface area contributed by atoms with E-state index in [1.807, 2.05) is 0 Å². The number of amides is 2. The summed E-state index contributed by atoms with van der Waals surface area (Å²) >= 11 is 0. The quantitative estimate of drug-likeness (QED) is 0.885. The summed E-state index contributed by atoms with van der Waals surface area (Å²) in [6, 6.07) is 10.8. The van der Waals surface area contributed by atoms with Gasteiger partial charge in [-0.3, -0.25) is 0 Å². The number of anilines is 1. The minimum Gasteiger partial charge on any atom is -0.493 e. The number of hydrogen-bond donors (Lipinski definition) is 2. The summed E-state index contributed by atoms with van der Waals surface area (Å²) in [4.78, 5) is 11.8. The third-order valence-electron chi connectivity index (χ3n) is 3.02. The summed E-state index contributed by atoms with van der Waals surface area (Å²) < 4.78 is 23.7. The van der Waals surface area contributed by atoms with Gasteiger partial charge in [0.1, 0.15) is 5.82 Å². The van der Waals surface area contributed by atoms with Gasteiger partial charge in [0.15, 0.2) is 11.5 Å². The molecule has 23 heavy (non-hydrogen) atoms. The number of carbonyl (C=O) groups excluding carboxylic acids is 1. The van der Waals surface area contributed by atoms with E-state index < -0.39 is 6.03 Å². The number of halogens is 1. The minimum atomic E-state index is -0.454. The highest BCUT2D eigenvalue weighted by Crippen LogP contribution is 2.29. The number of nitrogens with one attached hydrogen (secondary N) is 2. The molecule has 0 bridgehead atoms. The molecular weight excluding hydrogens is 299 g/mol. The van der Waals surface area contributed by atoms with Gasteiger partial charge in [-0.15, -0.1) is 0 Å². The summed E-state index contributed by atoms with van der Waals surface area (Å²) in [5.74, 6) is 0.718. The Morgan fingerprint density at radius 2 is 1.83 bits per heavy atom. The fourth-order valence-electron chi connectivity index (χ4n) is 1.90. The molecule has 2 N–H and O–H groups in total. The summed E-state index contributed by atoms with van der Waals surface area (Å²) in [6.45, 7) is 0. The van der Waals surface area contributed by atoms with Crippen LogP contribution in [-0.4, -0.2) is 20.3 Å². The van der Waals surface area contributed by atoms with Gasteiger partial charge in [-0.25, -0.2) is 9.18 Å². The van der Waals surface area contributed by atoms with Crippen LogP contribution in [0, 0.1) is 5.82 Å². The molecule has 2 aromatic rings. The number of carbonyl (C=O) groups is 1. The van der Waals surface area contributed by atoms with Gasteiger partial charge in [0.2, 0.25) is 0 Å². The van der Waals surface area contributed by atoms with Gasteiger partial charge in [-0.1, -0.05) is 18.2 Å². The molecule has 0 aromatic heterocycles. The Hall–Kier alpha value is -3.02. The van der Waals surface area contributed by atoms with Gasteiger partial charge in [0.25, 0.3) is 0 Å². The summed E-state index contributed by atoms with van der Waals surface area (Å²) in [7, 11) is 3.05. The number of benzene rings is 2. The molecule has 0 aliphatic rings. The Kier molecular flexibility index (Phi) is 5.57. The first kappa shape index (κ1) is 16.4. The Labute approximate surface area is 133 Å². The molecule has 6 heteroatoms. The van der Waals surface area contributed by atoms with E-state index in [4.69, 9.17) is 9.47 Å². The molecule has 2 rings (SSSR count). The van der Waals surface area contributed by atoms with E-state index in [1.54, 1.807) is 36.4 Å². The molecule has 0 radical (unpaired) electrons. The zero-order chi connectivity index (χ0) is 16.7. The predicted molar refractivity (Wildman–Crippen MR) is 87.1 cm³/mol. The highest BCUT2D eigenvalue weighted by atomic mass is 19.1. The van der Waals surface area contributed by atoms with Crippen molar-refractivity contribution in [2.75, 3.05) is 19.5 Å². The van der Waals surface area contributed by atoms with Crippen molar-refractivity contribution in [2.24, 2.45) is 0 Å². The molecule has 0 fully saturated rings. The molecule has 2 amide bonds. The maximum atomic E-state index is 13.4. The third-order valence-corrected chi connectivity index (χ3v) is 3.02. The molecule has 0 heterocycles. The van der Waals surface area contributed by atoms with Crippen LogP contribution in [0.15, 0.2) is 48.7 Å². The van der Waals surface area contributed by atoms with Gasteiger partial charge in [-0.05, 0) is 24.3 Å². The monoisotopic (exact) mass is 316 g/mol. The second kappa shape index (κ2) is 7.84. The maximum absolute atomic E-state index is 13.4. The normalized spacial score (nSPS) is 10.4. The van der Waals surface area contributed by atoms with E-state index in [0.717, 1.165) is 0 Å². The molecule has 5 nitrogen and oxygen atoms in total. The van der Waals surface area contributed by atoms with Crippen molar-refractivity contribution < 1.29 is 18.7 Å². The fraction of sp³-hybridized carbons (Fsp3) is 0.118. The molecular formula is C17H17FN2O3. The lowest BCUT2D eigenvalue weighted by atomic mass is 10.2. The number of methoxy groups -OCH3 is 2. The highest BCUT2D eigenvalue weighted by molar-refractivity contribution is 5.90. The van der Waals surface area contributed by atoms with Crippen LogP contribution >= 0.6 is 0 Å². The van der Waals surface area contributed by atoms with Crippen LogP contribution in [0.2, 0.25) is 0 Å². The van der Waals surface area contributed by atoms with Gasteiger partial charge in [-0.2, -0.15) is 0 Å². The molecule has 0 aliphatic heterocycles. The Morgan fingerprint density at radius 3 is 2.52 bits per heavy atom. The van der Waals surface area contributed by atoms with Crippen LogP contribution in [0.3, 0.4) is 0 Å². The Morgan fingerprint density at radius 1 is 1.09 bits per heavy atom. The van der Waals surface area contributed by atoms with Crippen LogP contribution in [0.25, 0.3) is 6.08 Å². The van der Waals surface area contributed by atoms with E-state index in [0.29, 0.717) is 22.7 Å². The van der Waals surface area contributed by atoms with Crippen molar-refractivity contribution in [3.63, 3.8) is 0 Å². The van der Waals surface area contributed by atoms with Crippen LogP contribution in [-0.2, 0) is 0 Å². The molecule has 2 aromatic carbocycles. The number of hydrogen-bond acceptors (Lipinski definition) is 3. The lowest BCUT2D eigenvalue weighted by molar-refractivity contribution is 0.255. The zero-order valence-corrected chi connectivity index (χ0v) is 12.8. The molecule has 0 saturated carbocycles. The molecule has 0 unspecified atom stereocenters. The van der Waals surface area contributed by atoms with Crippen LogP contribution in [0.4, 0.5) is 14.9 Å².